The molecule has 0 unspecified atom stereocenters. The lowest BCUT2D eigenvalue weighted by molar-refractivity contribution is -0.116. The van der Waals surface area contributed by atoms with Crippen molar-refractivity contribution in [1.82, 2.24) is 20.2 Å². The van der Waals surface area contributed by atoms with Crippen LogP contribution < -0.4 is 5.32 Å². The Balaban J connectivity index is 1.51. The van der Waals surface area contributed by atoms with Crippen molar-refractivity contribution in [3.05, 3.63) is 48.2 Å². The van der Waals surface area contributed by atoms with Crippen LogP contribution in [0.1, 0.15) is 32.0 Å². The van der Waals surface area contributed by atoms with Gasteiger partial charge in [-0.3, -0.25) is 15.2 Å². The van der Waals surface area contributed by atoms with Gasteiger partial charge in [0.1, 0.15) is 5.82 Å². The van der Waals surface area contributed by atoms with Gasteiger partial charge in [-0.2, -0.15) is 4.98 Å². The molecule has 0 radical (unpaired) electrons. The Morgan fingerprint density at radius 2 is 2.08 bits per heavy atom. The third kappa shape index (κ3) is 4.76. The van der Waals surface area contributed by atoms with Gasteiger partial charge >= 0.3 is 0 Å². The first-order valence-corrected chi connectivity index (χ1v) is 8.31. The molecule has 2 aromatic heterocycles. The maximum Gasteiger partial charge on any atom is 0.248 e. The van der Waals surface area contributed by atoms with Crippen molar-refractivity contribution in [2.24, 2.45) is 5.92 Å². The van der Waals surface area contributed by atoms with Gasteiger partial charge < -0.3 is 4.42 Å². The van der Waals surface area contributed by atoms with Gasteiger partial charge in [0.2, 0.25) is 11.9 Å². The smallest absolute Gasteiger partial charge is 0.248 e. The lowest BCUT2D eigenvalue weighted by Crippen LogP contribution is -2.13. The zero-order valence-corrected chi connectivity index (χ0v) is 14.3. The maximum absolute atomic E-state index is 12.0. The number of benzene rings is 1. The molecule has 0 fully saturated rings. The molecule has 3 aromatic rings. The normalized spacial score (nSPS) is 11.0. The first-order valence-electron chi connectivity index (χ1n) is 8.31. The van der Waals surface area contributed by atoms with E-state index in [0.29, 0.717) is 29.9 Å². The molecule has 1 amide bonds. The Hall–Kier alpha value is -2.96. The third-order valence-corrected chi connectivity index (χ3v) is 3.56. The summed E-state index contributed by atoms with van der Waals surface area (Å²) < 4.78 is 5.69. The lowest BCUT2D eigenvalue weighted by Gasteiger charge is -2.00. The van der Waals surface area contributed by atoms with E-state index in [2.05, 4.69) is 39.3 Å². The molecule has 7 nitrogen and oxygen atoms in total. The van der Waals surface area contributed by atoms with Crippen molar-refractivity contribution >= 4 is 11.9 Å². The number of aromatic amines is 1. The number of oxazole rings is 1. The molecule has 0 saturated carbocycles. The number of aromatic nitrogens is 4. The van der Waals surface area contributed by atoms with Crippen LogP contribution >= 0.6 is 0 Å². The molecular formula is C18H21N5O2. The second kappa shape index (κ2) is 7.74. The van der Waals surface area contributed by atoms with Gasteiger partial charge in [0.05, 0.1) is 6.20 Å². The van der Waals surface area contributed by atoms with Crippen LogP contribution in [0.25, 0.3) is 11.3 Å². The fourth-order valence-corrected chi connectivity index (χ4v) is 2.40. The standard InChI is InChI=1S/C18H21N5O2/c1-12(2)10-15-20-18(23-22-15)21-16(24)8-9-17-19-11-14(25-17)13-6-4-3-5-7-13/h3-7,11-12H,8-10H2,1-2H3,(H2,20,21,22,23,24). The van der Waals surface area contributed by atoms with Crippen molar-refractivity contribution < 1.29 is 9.21 Å². The van der Waals surface area contributed by atoms with Gasteiger partial charge in [-0.15, -0.1) is 5.10 Å². The van der Waals surface area contributed by atoms with Crippen LogP contribution in [-0.4, -0.2) is 26.1 Å². The zero-order valence-electron chi connectivity index (χ0n) is 14.3. The fourth-order valence-electron chi connectivity index (χ4n) is 2.40. The quantitative estimate of drug-likeness (QED) is 0.689. The minimum Gasteiger partial charge on any atom is -0.441 e. The third-order valence-electron chi connectivity index (χ3n) is 3.56. The molecule has 0 spiro atoms. The maximum atomic E-state index is 12.0. The van der Waals surface area contributed by atoms with Gasteiger partial charge in [-0.25, -0.2) is 4.98 Å². The molecule has 130 valence electrons. The van der Waals surface area contributed by atoms with E-state index < -0.39 is 0 Å². The molecule has 2 heterocycles. The Bertz CT molecular complexity index is 823. The summed E-state index contributed by atoms with van der Waals surface area (Å²) in [6, 6.07) is 9.73. The summed E-state index contributed by atoms with van der Waals surface area (Å²) in [6.07, 6.45) is 3.14. The second-order valence-electron chi connectivity index (χ2n) is 6.24. The van der Waals surface area contributed by atoms with E-state index in [1.165, 1.54) is 0 Å². The van der Waals surface area contributed by atoms with Crippen molar-refractivity contribution in [1.29, 1.82) is 0 Å². The number of amides is 1. The summed E-state index contributed by atoms with van der Waals surface area (Å²) >= 11 is 0. The van der Waals surface area contributed by atoms with Crippen molar-refractivity contribution in [3.8, 4) is 11.3 Å². The van der Waals surface area contributed by atoms with Crippen molar-refractivity contribution in [3.63, 3.8) is 0 Å². The highest BCUT2D eigenvalue weighted by Crippen LogP contribution is 2.20. The Morgan fingerprint density at radius 1 is 1.28 bits per heavy atom. The van der Waals surface area contributed by atoms with Gasteiger partial charge in [0.25, 0.3) is 0 Å². The number of anilines is 1. The molecule has 0 bridgehead atoms. The topological polar surface area (TPSA) is 96.7 Å². The second-order valence-corrected chi connectivity index (χ2v) is 6.24. The number of hydrogen-bond donors (Lipinski definition) is 2. The van der Waals surface area contributed by atoms with Crippen LogP contribution in [0.3, 0.4) is 0 Å². The molecule has 25 heavy (non-hydrogen) atoms. The van der Waals surface area contributed by atoms with E-state index >= 15 is 0 Å². The molecule has 0 aliphatic rings. The van der Waals surface area contributed by atoms with E-state index in [9.17, 15) is 4.79 Å². The molecule has 0 aliphatic carbocycles. The SMILES string of the molecule is CC(C)Cc1nc(NC(=O)CCc2ncc(-c3ccccc3)o2)n[nH]1. The molecule has 0 aliphatic heterocycles. The zero-order chi connectivity index (χ0) is 17.6. The minimum absolute atomic E-state index is 0.172. The van der Waals surface area contributed by atoms with E-state index in [0.717, 1.165) is 17.8 Å². The number of hydrogen-bond acceptors (Lipinski definition) is 5. The molecule has 0 atom stereocenters. The molecule has 1 aromatic carbocycles. The Labute approximate surface area is 145 Å². The summed E-state index contributed by atoms with van der Waals surface area (Å²) in [5.74, 6) is 2.60. The molecule has 3 rings (SSSR count). The summed E-state index contributed by atoms with van der Waals surface area (Å²) in [5, 5.41) is 9.51. The van der Waals surface area contributed by atoms with Crippen LogP contribution in [0.4, 0.5) is 5.95 Å². The average molecular weight is 339 g/mol. The average Bonchev–Trinajstić information content (AvgIpc) is 3.23. The van der Waals surface area contributed by atoms with E-state index in [1.54, 1.807) is 6.20 Å². The van der Waals surface area contributed by atoms with Crippen molar-refractivity contribution in [2.45, 2.75) is 33.1 Å². The molecule has 0 saturated heterocycles. The van der Waals surface area contributed by atoms with Gasteiger partial charge in [-0.1, -0.05) is 44.2 Å². The van der Waals surface area contributed by atoms with Crippen LogP contribution in [0, 0.1) is 5.92 Å². The monoisotopic (exact) mass is 339 g/mol. The summed E-state index contributed by atoms with van der Waals surface area (Å²) in [6.45, 7) is 4.20. The molecule has 2 N–H and O–H groups in total. The number of carbonyl (C=O) groups is 1. The molecule has 7 heteroatoms. The summed E-state index contributed by atoms with van der Waals surface area (Å²) in [4.78, 5) is 20.5. The van der Waals surface area contributed by atoms with Crippen LogP contribution in [0.15, 0.2) is 40.9 Å². The highest BCUT2D eigenvalue weighted by molar-refractivity contribution is 5.88. The lowest BCUT2D eigenvalue weighted by atomic mass is 10.1. The predicted octanol–water partition coefficient (Wildman–Crippen LogP) is 3.23. The predicted molar refractivity (Wildman–Crippen MR) is 93.8 cm³/mol. The largest absolute Gasteiger partial charge is 0.441 e. The number of H-pyrrole nitrogens is 1. The fraction of sp³-hybridized carbons (Fsp3) is 0.333. The van der Waals surface area contributed by atoms with Gasteiger partial charge in [0.15, 0.2) is 11.7 Å². The first-order chi connectivity index (χ1) is 12.1. The van der Waals surface area contributed by atoms with Crippen LogP contribution in [-0.2, 0) is 17.6 Å². The Morgan fingerprint density at radius 3 is 2.84 bits per heavy atom. The van der Waals surface area contributed by atoms with E-state index in [-0.39, 0.29) is 12.3 Å². The Kier molecular flexibility index (Phi) is 5.23. The number of aryl methyl sites for hydroxylation is 1. The number of rotatable bonds is 7. The first kappa shape index (κ1) is 16.9. The summed E-state index contributed by atoms with van der Waals surface area (Å²) in [7, 11) is 0. The number of nitrogens with one attached hydrogen (secondary N) is 2. The van der Waals surface area contributed by atoms with Gasteiger partial charge in [-0.05, 0) is 5.92 Å². The van der Waals surface area contributed by atoms with Gasteiger partial charge in [0, 0.05) is 24.8 Å². The van der Waals surface area contributed by atoms with E-state index in [4.69, 9.17) is 4.42 Å². The minimum atomic E-state index is -0.172. The van der Waals surface area contributed by atoms with Crippen LogP contribution in [0.5, 0.6) is 0 Å². The number of carbonyl (C=O) groups excluding carboxylic acids is 1. The highest BCUT2D eigenvalue weighted by atomic mass is 16.4. The summed E-state index contributed by atoms with van der Waals surface area (Å²) in [5.41, 5.74) is 0.962. The van der Waals surface area contributed by atoms with E-state index in [1.807, 2.05) is 30.3 Å². The van der Waals surface area contributed by atoms with Crippen molar-refractivity contribution in [2.75, 3.05) is 5.32 Å². The molecular weight excluding hydrogens is 318 g/mol. The van der Waals surface area contributed by atoms with Crippen LogP contribution in [0.2, 0.25) is 0 Å². The highest BCUT2D eigenvalue weighted by Gasteiger charge is 2.11. The number of nitrogens with zero attached hydrogens (tertiary/aromatic N) is 3.